The highest BCUT2D eigenvalue weighted by atomic mass is 79.9. The zero-order chi connectivity index (χ0) is 20.5. The van der Waals surface area contributed by atoms with Crippen molar-refractivity contribution >= 4 is 44.9 Å². The molecule has 7 heteroatoms. The van der Waals surface area contributed by atoms with Gasteiger partial charge >= 0.3 is 0 Å². The second-order valence-electron chi connectivity index (χ2n) is 6.17. The lowest BCUT2D eigenvalue weighted by Gasteiger charge is -2.13. The van der Waals surface area contributed by atoms with E-state index in [1.165, 1.54) is 0 Å². The number of nitrogens with one attached hydrogen (secondary N) is 2. The summed E-state index contributed by atoms with van der Waals surface area (Å²) in [6.45, 7) is 8.71. The second-order valence-corrected chi connectivity index (χ2v) is 7.49. The van der Waals surface area contributed by atoms with Crippen LogP contribution in [0.2, 0.25) is 0 Å². The Kier molecular flexibility index (Phi) is 8.47. The molecule has 2 N–H and O–H groups in total. The lowest BCUT2D eigenvalue weighted by atomic mass is 10.2. The molecule has 2 aromatic rings. The van der Waals surface area contributed by atoms with Crippen LogP contribution in [0.15, 0.2) is 59.1 Å². The van der Waals surface area contributed by atoms with Gasteiger partial charge < -0.3 is 14.8 Å². The molecule has 0 fully saturated rings. The number of ether oxygens (including phenoxy) is 2. The molecule has 0 aliphatic heterocycles. The predicted octanol–water partition coefficient (Wildman–Crippen LogP) is 5.32. The summed E-state index contributed by atoms with van der Waals surface area (Å²) in [5.41, 5.74) is 2.10. The fourth-order valence-corrected chi connectivity index (χ4v) is 2.76. The number of benzene rings is 2. The Morgan fingerprint density at radius 1 is 1.18 bits per heavy atom. The average Bonchev–Trinajstić information content (AvgIpc) is 2.66. The van der Waals surface area contributed by atoms with Crippen LogP contribution in [0.25, 0.3) is 0 Å². The minimum absolute atomic E-state index is 0.196. The number of amides is 1. The molecule has 0 saturated carbocycles. The largest absolute Gasteiger partial charge is 0.493 e. The molecule has 5 nitrogen and oxygen atoms in total. The van der Waals surface area contributed by atoms with E-state index in [4.69, 9.17) is 21.7 Å². The van der Waals surface area contributed by atoms with Gasteiger partial charge in [-0.1, -0.05) is 29.4 Å². The smallest absolute Gasteiger partial charge is 0.261 e. The quantitative estimate of drug-likeness (QED) is 0.410. The third-order valence-corrected chi connectivity index (χ3v) is 4.17. The number of carbonyl (C=O) groups excluding carboxylic acids is 1. The summed E-state index contributed by atoms with van der Waals surface area (Å²) < 4.78 is 12.0. The Bertz CT molecular complexity index is 853. The van der Waals surface area contributed by atoms with Crippen molar-refractivity contribution in [2.75, 3.05) is 18.5 Å². The van der Waals surface area contributed by atoms with Crippen molar-refractivity contribution in [3.63, 3.8) is 0 Å². The topological polar surface area (TPSA) is 59.6 Å². The maximum atomic E-state index is 12.6. The van der Waals surface area contributed by atoms with E-state index in [2.05, 4.69) is 33.1 Å². The lowest BCUT2D eigenvalue weighted by molar-refractivity contribution is 0.0973. The van der Waals surface area contributed by atoms with Crippen LogP contribution >= 0.6 is 28.1 Å². The summed E-state index contributed by atoms with van der Waals surface area (Å²) in [5, 5.41) is 5.86. The van der Waals surface area contributed by atoms with Gasteiger partial charge in [0.2, 0.25) is 0 Å². The first-order valence-corrected chi connectivity index (χ1v) is 10.0. The minimum atomic E-state index is -0.341. The molecule has 0 aliphatic carbocycles. The molecule has 0 heterocycles. The molecular weight excluding hydrogens is 440 g/mol. The van der Waals surface area contributed by atoms with Crippen LogP contribution < -0.4 is 20.1 Å². The first-order valence-electron chi connectivity index (χ1n) is 8.81. The standard InChI is InChI=1S/C21H23BrN2O3S/c1-4-11-26-19-10-5-15(22)12-18(19)20(25)24-21(28)23-16-6-8-17(9-7-16)27-13-14(2)3/h5-10,12H,2,4,11,13H2,1,3H3,(H2,23,24,25,28). The number of halogens is 1. The third-order valence-electron chi connectivity index (χ3n) is 3.47. The summed E-state index contributed by atoms with van der Waals surface area (Å²) in [6.07, 6.45) is 0.850. The van der Waals surface area contributed by atoms with Crippen molar-refractivity contribution in [2.45, 2.75) is 20.3 Å². The van der Waals surface area contributed by atoms with Crippen LogP contribution in [0.5, 0.6) is 11.5 Å². The number of carbonyl (C=O) groups is 1. The van der Waals surface area contributed by atoms with Gasteiger partial charge in [-0.3, -0.25) is 10.1 Å². The van der Waals surface area contributed by atoms with Gasteiger partial charge in [0.05, 0.1) is 12.2 Å². The molecular formula is C21H23BrN2O3S. The highest BCUT2D eigenvalue weighted by Crippen LogP contribution is 2.23. The van der Waals surface area contributed by atoms with Crippen LogP contribution in [0.1, 0.15) is 30.6 Å². The average molecular weight is 463 g/mol. The van der Waals surface area contributed by atoms with Crippen LogP contribution in [0, 0.1) is 0 Å². The molecule has 0 unspecified atom stereocenters. The first-order chi connectivity index (χ1) is 13.4. The highest BCUT2D eigenvalue weighted by Gasteiger charge is 2.15. The Labute approximate surface area is 179 Å². The Hall–Kier alpha value is -2.38. The Morgan fingerprint density at radius 2 is 1.89 bits per heavy atom. The number of hydrogen-bond acceptors (Lipinski definition) is 4. The molecule has 0 saturated heterocycles. The van der Waals surface area contributed by atoms with Crippen molar-refractivity contribution < 1.29 is 14.3 Å². The maximum Gasteiger partial charge on any atom is 0.261 e. The van der Waals surface area contributed by atoms with E-state index in [1.807, 2.05) is 44.2 Å². The van der Waals surface area contributed by atoms with Gasteiger partial charge in [0, 0.05) is 10.2 Å². The second kappa shape index (κ2) is 10.8. The number of rotatable bonds is 8. The summed E-state index contributed by atoms with van der Waals surface area (Å²) in [5.74, 6) is 0.908. The first kappa shape index (κ1) is 21.9. The van der Waals surface area contributed by atoms with E-state index < -0.39 is 0 Å². The van der Waals surface area contributed by atoms with Gasteiger partial charge in [-0.05, 0) is 73.6 Å². The van der Waals surface area contributed by atoms with Gasteiger partial charge in [-0.2, -0.15) is 0 Å². The summed E-state index contributed by atoms with van der Waals surface area (Å²) >= 11 is 8.64. The molecule has 0 atom stereocenters. The third kappa shape index (κ3) is 6.98. The fourth-order valence-electron chi connectivity index (χ4n) is 2.19. The molecule has 148 valence electrons. The molecule has 28 heavy (non-hydrogen) atoms. The molecule has 0 bridgehead atoms. The minimum Gasteiger partial charge on any atom is -0.493 e. The molecule has 0 aliphatic rings. The van der Waals surface area contributed by atoms with Gasteiger partial charge in [-0.25, -0.2) is 0 Å². The van der Waals surface area contributed by atoms with Crippen LogP contribution in [0.3, 0.4) is 0 Å². The van der Waals surface area contributed by atoms with Crippen molar-refractivity contribution in [2.24, 2.45) is 0 Å². The van der Waals surface area contributed by atoms with E-state index in [0.717, 1.165) is 27.9 Å². The SMILES string of the molecule is C=C(C)COc1ccc(NC(=S)NC(=O)c2cc(Br)ccc2OCCC)cc1. The number of anilines is 1. The van der Waals surface area contributed by atoms with E-state index in [0.29, 0.717) is 24.5 Å². The monoisotopic (exact) mass is 462 g/mol. The molecule has 0 spiro atoms. The lowest BCUT2D eigenvalue weighted by Crippen LogP contribution is -2.34. The van der Waals surface area contributed by atoms with E-state index in [1.54, 1.807) is 12.1 Å². The van der Waals surface area contributed by atoms with Gasteiger partial charge in [-0.15, -0.1) is 0 Å². The predicted molar refractivity (Wildman–Crippen MR) is 120 cm³/mol. The van der Waals surface area contributed by atoms with Gasteiger partial charge in [0.1, 0.15) is 18.1 Å². The fraction of sp³-hybridized carbons (Fsp3) is 0.238. The van der Waals surface area contributed by atoms with Gasteiger partial charge in [0.25, 0.3) is 5.91 Å². The Morgan fingerprint density at radius 3 is 2.54 bits per heavy atom. The number of hydrogen-bond donors (Lipinski definition) is 2. The van der Waals surface area contributed by atoms with Crippen molar-refractivity contribution in [1.82, 2.24) is 5.32 Å². The van der Waals surface area contributed by atoms with Crippen molar-refractivity contribution in [3.05, 3.63) is 64.7 Å². The van der Waals surface area contributed by atoms with E-state index in [9.17, 15) is 4.79 Å². The van der Waals surface area contributed by atoms with Crippen molar-refractivity contribution in [1.29, 1.82) is 0 Å². The van der Waals surface area contributed by atoms with Crippen LogP contribution in [-0.4, -0.2) is 24.2 Å². The zero-order valence-electron chi connectivity index (χ0n) is 15.9. The summed E-state index contributed by atoms with van der Waals surface area (Å²) in [7, 11) is 0. The molecule has 0 aromatic heterocycles. The number of thiocarbonyl (C=S) groups is 1. The molecule has 2 rings (SSSR count). The molecule has 1 amide bonds. The normalized spacial score (nSPS) is 10.1. The highest BCUT2D eigenvalue weighted by molar-refractivity contribution is 9.10. The Balaban J connectivity index is 1.98. The van der Waals surface area contributed by atoms with Crippen LogP contribution in [0.4, 0.5) is 5.69 Å². The molecule has 0 radical (unpaired) electrons. The van der Waals surface area contributed by atoms with E-state index in [-0.39, 0.29) is 11.0 Å². The zero-order valence-corrected chi connectivity index (χ0v) is 18.3. The summed E-state index contributed by atoms with van der Waals surface area (Å²) in [6, 6.07) is 12.6. The van der Waals surface area contributed by atoms with Crippen LogP contribution in [-0.2, 0) is 0 Å². The van der Waals surface area contributed by atoms with Gasteiger partial charge in [0.15, 0.2) is 5.11 Å². The molecule has 2 aromatic carbocycles. The maximum absolute atomic E-state index is 12.6. The van der Waals surface area contributed by atoms with Crippen molar-refractivity contribution in [3.8, 4) is 11.5 Å². The van der Waals surface area contributed by atoms with E-state index >= 15 is 0 Å². The summed E-state index contributed by atoms with van der Waals surface area (Å²) in [4.78, 5) is 12.6.